The molecule has 1 N–H and O–H groups in total. The summed E-state index contributed by atoms with van der Waals surface area (Å²) < 4.78 is 6.38. The van der Waals surface area contributed by atoms with E-state index < -0.39 is 0 Å². The van der Waals surface area contributed by atoms with Crippen molar-refractivity contribution in [3.8, 4) is 5.75 Å². The standard InChI is InChI=1S/C18H26O2/c1-13(2)14-6-5-10-18(11-9-14)12-16(19)15-7-3-4-8-17(15)20-18/h3-4,7-8,13-14,16,19H,5-6,9-12H2,1-2H3. The largest absolute Gasteiger partial charge is 0.487 e. The van der Waals surface area contributed by atoms with Crippen LogP contribution < -0.4 is 4.74 Å². The summed E-state index contributed by atoms with van der Waals surface area (Å²) in [6.07, 6.45) is 6.32. The highest BCUT2D eigenvalue weighted by Crippen LogP contribution is 2.46. The minimum absolute atomic E-state index is 0.128. The molecule has 2 nitrogen and oxygen atoms in total. The second-order valence-electron chi connectivity index (χ2n) is 6.98. The van der Waals surface area contributed by atoms with Gasteiger partial charge in [-0.3, -0.25) is 0 Å². The molecule has 3 atom stereocenters. The van der Waals surface area contributed by atoms with E-state index in [1.807, 2.05) is 24.3 Å². The first-order valence-electron chi connectivity index (χ1n) is 8.06. The van der Waals surface area contributed by atoms with Crippen LogP contribution in [0.3, 0.4) is 0 Å². The zero-order valence-corrected chi connectivity index (χ0v) is 12.6. The molecule has 2 heteroatoms. The van der Waals surface area contributed by atoms with Gasteiger partial charge in [0.05, 0.1) is 6.10 Å². The van der Waals surface area contributed by atoms with Crippen LogP contribution in [0.4, 0.5) is 0 Å². The smallest absolute Gasteiger partial charge is 0.125 e. The molecule has 1 heterocycles. The molecule has 1 fully saturated rings. The Hall–Kier alpha value is -1.02. The van der Waals surface area contributed by atoms with Crippen molar-refractivity contribution in [1.29, 1.82) is 0 Å². The fourth-order valence-electron chi connectivity index (χ4n) is 3.96. The van der Waals surface area contributed by atoms with Crippen LogP contribution in [0, 0.1) is 11.8 Å². The van der Waals surface area contributed by atoms with Gasteiger partial charge in [-0.25, -0.2) is 0 Å². The Morgan fingerprint density at radius 1 is 1.20 bits per heavy atom. The molecule has 2 aliphatic rings. The van der Waals surface area contributed by atoms with Gasteiger partial charge in [0.25, 0.3) is 0 Å². The lowest BCUT2D eigenvalue weighted by atomic mass is 9.82. The molecule has 1 aromatic carbocycles. The van der Waals surface area contributed by atoms with Gasteiger partial charge >= 0.3 is 0 Å². The molecule has 20 heavy (non-hydrogen) atoms. The maximum Gasteiger partial charge on any atom is 0.125 e. The minimum atomic E-state index is -0.365. The third-order valence-electron chi connectivity index (χ3n) is 5.29. The van der Waals surface area contributed by atoms with E-state index in [0.717, 1.165) is 42.4 Å². The topological polar surface area (TPSA) is 29.5 Å². The molecule has 0 radical (unpaired) electrons. The number of hydrogen-bond acceptors (Lipinski definition) is 2. The summed E-state index contributed by atoms with van der Waals surface area (Å²) in [5, 5.41) is 10.5. The Morgan fingerprint density at radius 3 is 2.80 bits per heavy atom. The molecule has 1 aromatic rings. The van der Waals surface area contributed by atoms with Crippen LogP contribution in [0.15, 0.2) is 24.3 Å². The number of fused-ring (bicyclic) bond motifs is 1. The van der Waals surface area contributed by atoms with Gasteiger partial charge in [-0.05, 0) is 43.6 Å². The van der Waals surface area contributed by atoms with Gasteiger partial charge in [-0.2, -0.15) is 0 Å². The highest BCUT2D eigenvalue weighted by molar-refractivity contribution is 5.38. The first kappa shape index (κ1) is 13.9. The number of para-hydroxylation sites is 1. The lowest BCUT2D eigenvalue weighted by molar-refractivity contribution is -0.0253. The molecule has 0 bridgehead atoms. The number of benzene rings is 1. The molecule has 110 valence electrons. The zero-order chi connectivity index (χ0) is 14.2. The normalized spacial score (nSPS) is 33.6. The lowest BCUT2D eigenvalue weighted by Gasteiger charge is -2.40. The molecule has 0 aromatic heterocycles. The predicted molar refractivity (Wildman–Crippen MR) is 80.8 cm³/mol. The second-order valence-corrected chi connectivity index (χ2v) is 6.98. The van der Waals surface area contributed by atoms with Crippen LogP contribution >= 0.6 is 0 Å². The van der Waals surface area contributed by atoms with E-state index in [-0.39, 0.29) is 11.7 Å². The molecule has 0 amide bonds. The molecule has 1 spiro atoms. The van der Waals surface area contributed by atoms with E-state index in [4.69, 9.17) is 4.74 Å². The third kappa shape index (κ3) is 2.58. The van der Waals surface area contributed by atoms with Gasteiger partial charge in [-0.15, -0.1) is 0 Å². The van der Waals surface area contributed by atoms with Crippen molar-refractivity contribution in [3.05, 3.63) is 29.8 Å². The summed E-state index contributed by atoms with van der Waals surface area (Å²) >= 11 is 0. The Bertz CT molecular complexity index is 468. The first-order chi connectivity index (χ1) is 9.60. The summed E-state index contributed by atoms with van der Waals surface area (Å²) in [6, 6.07) is 7.97. The van der Waals surface area contributed by atoms with E-state index in [1.165, 1.54) is 19.3 Å². The minimum Gasteiger partial charge on any atom is -0.487 e. The monoisotopic (exact) mass is 274 g/mol. The fourth-order valence-corrected chi connectivity index (χ4v) is 3.96. The van der Waals surface area contributed by atoms with Gasteiger partial charge < -0.3 is 9.84 Å². The Kier molecular flexibility index (Phi) is 3.76. The zero-order valence-electron chi connectivity index (χ0n) is 12.6. The maximum absolute atomic E-state index is 10.5. The Balaban J connectivity index is 1.81. The van der Waals surface area contributed by atoms with Crippen molar-refractivity contribution in [2.24, 2.45) is 11.8 Å². The van der Waals surface area contributed by atoms with E-state index in [9.17, 15) is 5.11 Å². The van der Waals surface area contributed by atoms with E-state index in [1.54, 1.807) is 0 Å². The third-order valence-corrected chi connectivity index (χ3v) is 5.29. The highest BCUT2D eigenvalue weighted by Gasteiger charge is 2.41. The average molecular weight is 274 g/mol. The molecular weight excluding hydrogens is 248 g/mol. The van der Waals surface area contributed by atoms with E-state index >= 15 is 0 Å². The van der Waals surface area contributed by atoms with Gasteiger partial charge in [-0.1, -0.05) is 38.5 Å². The quantitative estimate of drug-likeness (QED) is 0.818. The van der Waals surface area contributed by atoms with Crippen LogP contribution in [-0.2, 0) is 0 Å². The lowest BCUT2D eigenvalue weighted by Crippen LogP contribution is -2.40. The van der Waals surface area contributed by atoms with Crippen LogP contribution in [-0.4, -0.2) is 10.7 Å². The summed E-state index contributed by atoms with van der Waals surface area (Å²) in [7, 11) is 0. The predicted octanol–water partition coefficient (Wildman–Crippen LogP) is 4.48. The van der Waals surface area contributed by atoms with Crippen molar-refractivity contribution >= 4 is 0 Å². The number of aliphatic hydroxyl groups is 1. The van der Waals surface area contributed by atoms with Crippen molar-refractivity contribution in [3.63, 3.8) is 0 Å². The van der Waals surface area contributed by atoms with Crippen LogP contribution in [0.5, 0.6) is 5.75 Å². The van der Waals surface area contributed by atoms with Gasteiger partial charge in [0.15, 0.2) is 0 Å². The van der Waals surface area contributed by atoms with Crippen LogP contribution in [0.1, 0.15) is 64.0 Å². The highest BCUT2D eigenvalue weighted by atomic mass is 16.5. The SMILES string of the molecule is CC(C)C1CCCC2(CC1)CC(O)c1ccccc1O2. The fraction of sp³-hybridized carbons (Fsp3) is 0.667. The molecule has 3 unspecified atom stereocenters. The van der Waals surface area contributed by atoms with Gasteiger partial charge in [0.1, 0.15) is 11.4 Å². The summed E-state index contributed by atoms with van der Waals surface area (Å²) in [5.41, 5.74) is 0.833. The first-order valence-corrected chi connectivity index (χ1v) is 8.06. The molecule has 3 rings (SSSR count). The van der Waals surface area contributed by atoms with Gasteiger partial charge in [0, 0.05) is 12.0 Å². The summed E-state index contributed by atoms with van der Waals surface area (Å²) in [6.45, 7) is 4.66. The summed E-state index contributed by atoms with van der Waals surface area (Å²) in [4.78, 5) is 0. The number of aliphatic hydroxyl groups excluding tert-OH is 1. The molecule has 1 aliphatic carbocycles. The van der Waals surface area contributed by atoms with E-state index in [2.05, 4.69) is 13.8 Å². The Morgan fingerprint density at radius 2 is 2.00 bits per heavy atom. The van der Waals surface area contributed by atoms with Crippen LogP contribution in [0.25, 0.3) is 0 Å². The molecular formula is C18H26O2. The van der Waals surface area contributed by atoms with Crippen molar-refractivity contribution in [2.75, 3.05) is 0 Å². The number of hydrogen-bond donors (Lipinski definition) is 1. The summed E-state index contributed by atoms with van der Waals surface area (Å²) in [5.74, 6) is 2.47. The molecule has 0 saturated heterocycles. The Labute approximate surface area is 122 Å². The molecule has 1 saturated carbocycles. The number of rotatable bonds is 1. The number of ether oxygens (including phenoxy) is 1. The van der Waals surface area contributed by atoms with Crippen LogP contribution in [0.2, 0.25) is 0 Å². The van der Waals surface area contributed by atoms with Crippen molar-refractivity contribution in [2.45, 2.75) is 64.1 Å². The average Bonchev–Trinajstić information content (AvgIpc) is 2.62. The maximum atomic E-state index is 10.5. The van der Waals surface area contributed by atoms with Crippen molar-refractivity contribution in [1.82, 2.24) is 0 Å². The van der Waals surface area contributed by atoms with Crippen molar-refractivity contribution < 1.29 is 9.84 Å². The van der Waals surface area contributed by atoms with Gasteiger partial charge in [0.2, 0.25) is 0 Å². The second kappa shape index (κ2) is 5.40. The molecule has 1 aliphatic heterocycles. The van der Waals surface area contributed by atoms with E-state index in [0.29, 0.717) is 0 Å².